The highest BCUT2D eigenvalue weighted by Crippen LogP contribution is 2.20. The molecule has 0 fully saturated rings. The van der Waals surface area contributed by atoms with Crippen LogP contribution in [0.5, 0.6) is 0 Å². The molecule has 8 heteroatoms. The average molecular weight is 368 g/mol. The smallest absolute Gasteiger partial charge is 0.347 e. The van der Waals surface area contributed by atoms with Crippen LogP contribution in [0, 0.1) is 13.8 Å². The van der Waals surface area contributed by atoms with Gasteiger partial charge in [-0.15, -0.1) is 0 Å². The van der Waals surface area contributed by atoms with Gasteiger partial charge in [-0.2, -0.15) is 0 Å². The molecule has 4 N–H and O–H groups in total. The van der Waals surface area contributed by atoms with Gasteiger partial charge in [0.2, 0.25) is 0 Å². The number of ether oxygens (including phenoxy) is 2. The molecule has 0 radical (unpaired) electrons. The van der Waals surface area contributed by atoms with Crippen molar-refractivity contribution in [2.45, 2.75) is 46.8 Å². The molecule has 8 nitrogen and oxygen atoms in total. The van der Waals surface area contributed by atoms with E-state index in [0.717, 1.165) is 16.8 Å². The lowest BCUT2D eigenvalue weighted by Gasteiger charge is -2.19. The van der Waals surface area contributed by atoms with E-state index < -0.39 is 30.1 Å². The molecule has 0 saturated carbocycles. The Hall–Kier alpha value is -2.61. The molecule has 0 aliphatic carbocycles. The summed E-state index contributed by atoms with van der Waals surface area (Å²) in [6.45, 7) is 8.82. The van der Waals surface area contributed by atoms with Crippen LogP contribution in [0.15, 0.2) is 18.2 Å². The van der Waals surface area contributed by atoms with E-state index in [4.69, 9.17) is 14.6 Å². The Morgan fingerprint density at radius 2 is 1.65 bits per heavy atom. The summed E-state index contributed by atoms with van der Waals surface area (Å²) in [5.41, 5.74) is 7.58. The third-order valence-corrected chi connectivity index (χ3v) is 3.28. The van der Waals surface area contributed by atoms with Crippen molar-refractivity contribution in [3.63, 3.8) is 0 Å². The predicted octanol–water partition coefficient (Wildman–Crippen LogP) is 1.63. The first-order valence-corrected chi connectivity index (χ1v) is 8.25. The SMILES string of the molecule is CCOC(=O)C(C)OC(=O)[C@H](C)Nc1c(C)cccc1C.NCC(=O)O. The number of carboxylic acids is 1. The summed E-state index contributed by atoms with van der Waals surface area (Å²) >= 11 is 0. The first-order valence-electron chi connectivity index (χ1n) is 8.25. The van der Waals surface area contributed by atoms with Crippen LogP contribution in [0.2, 0.25) is 0 Å². The molecule has 2 atom stereocenters. The number of nitrogens with two attached hydrogens (primary N) is 1. The second-order valence-corrected chi connectivity index (χ2v) is 5.56. The van der Waals surface area contributed by atoms with Crippen molar-refractivity contribution < 1.29 is 29.0 Å². The third-order valence-electron chi connectivity index (χ3n) is 3.28. The lowest BCUT2D eigenvalue weighted by molar-refractivity contribution is -0.166. The zero-order chi connectivity index (χ0) is 20.3. The Morgan fingerprint density at radius 3 is 2.08 bits per heavy atom. The van der Waals surface area contributed by atoms with Gasteiger partial charge in [0.1, 0.15) is 6.04 Å². The zero-order valence-corrected chi connectivity index (χ0v) is 15.9. The number of anilines is 1. The number of aliphatic carboxylic acids is 1. The van der Waals surface area contributed by atoms with Crippen LogP contribution in [-0.2, 0) is 23.9 Å². The lowest BCUT2D eigenvalue weighted by atomic mass is 10.1. The van der Waals surface area contributed by atoms with Crippen molar-refractivity contribution in [3.05, 3.63) is 29.3 Å². The topological polar surface area (TPSA) is 128 Å². The molecule has 146 valence electrons. The average Bonchev–Trinajstić information content (AvgIpc) is 2.58. The number of aryl methyl sites for hydroxylation is 2. The van der Waals surface area contributed by atoms with Crippen molar-refractivity contribution in [1.82, 2.24) is 0 Å². The first kappa shape index (κ1) is 23.4. The van der Waals surface area contributed by atoms with Gasteiger partial charge >= 0.3 is 17.9 Å². The molecule has 0 saturated heterocycles. The van der Waals surface area contributed by atoms with Crippen LogP contribution in [0.1, 0.15) is 31.9 Å². The van der Waals surface area contributed by atoms with Crippen LogP contribution in [0.4, 0.5) is 5.69 Å². The van der Waals surface area contributed by atoms with E-state index in [1.54, 1.807) is 13.8 Å². The highest BCUT2D eigenvalue weighted by molar-refractivity contribution is 5.83. The van der Waals surface area contributed by atoms with Crippen molar-refractivity contribution in [3.8, 4) is 0 Å². The second-order valence-electron chi connectivity index (χ2n) is 5.56. The lowest BCUT2D eigenvalue weighted by Crippen LogP contribution is -2.34. The van der Waals surface area contributed by atoms with Crippen LogP contribution >= 0.6 is 0 Å². The van der Waals surface area contributed by atoms with E-state index >= 15 is 0 Å². The van der Waals surface area contributed by atoms with Gasteiger partial charge < -0.3 is 25.6 Å². The van der Waals surface area contributed by atoms with Crippen LogP contribution in [0.3, 0.4) is 0 Å². The van der Waals surface area contributed by atoms with Gasteiger partial charge in [-0.05, 0) is 45.7 Å². The van der Waals surface area contributed by atoms with Gasteiger partial charge in [-0.3, -0.25) is 4.79 Å². The monoisotopic (exact) mass is 368 g/mol. The quantitative estimate of drug-likeness (QED) is 0.620. The summed E-state index contributed by atoms with van der Waals surface area (Å²) < 4.78 is 9.91. The van der Waals surface area contributed by atoms with E-state index in [1.807, 2.05) is 32.0 Å². The molecule has 0 aliphatic rings. The number of para-hydroxylation sites is 1. The number of carboxylic acid groups (broad SMARTS) is 1. The summed E-state index contributed by atoms with van der Waals surface area (Å²) in [5.74, 6) is -1.99. The summed E-state index contributed by atoms with van der Waals surface area (Å²) in [4.78, 5) is 32.7. The molecule has 0 aromatic heterocycles. The maximum Gasteiger partial charge on any atom is 0.347 e. The van der Waals surface area contributed by atoms with Crippen LogP contribution < -0.4 is 11.1 Å². The third kappa shape index (κ3) is 8.48. The maximum atomic E-state index is 12.0. The standard InChI is InChI=1S/C16H23NO4.C2H5NO2/c1-6-20-16(19)13(5)21-15(18)12(4)17-14-10(2)8-7-9-11(14)3;3-1-2(4)5/h7-9,12-13,17H,6H2,1-5H3;1,3H2,(H,4,5)/t12-,13?;/m0./s1. The van der Waals surface area contributed by atoms with E-state index in [1.165, 1.54) is 6.92 Å². The zero-order valence-electron chi connectivity index (χ0n) is 15.9. The van der Waals surface area contributed by atoms with Gasteiger partial charge in [0.25, 0.3) is 0 Å². The van der Waals surface area contributed by atoms with Gasteiger partial charge in [0.15, 0.2) is 6.10 Å². The highest BCUT2D eigenvalue weighted by Gasteiger charge is 2.23. The minimum Gasteiger partial charge on any atom is -0.480 e. The molecule has 0 heterocycles. The fourth-order valence-electron chi connectivity index (χ4n) is 1.90. The molecule has 1 rings (SSSR count). The Balaban J connectivity index is 0.00000110. The fraction of sp³-hybridized carbons (Fsp3) is 0.500. The first-order chi connectivity index (χ1) is 12.1. The van der Waals surface area contributed by atoms with E-state index in [-0.39, 0.29) is 13.2 Å². The van der Waals surface area contributed by atoms with Crippen molar-refractivity contribution in [2.24, 2.45) is 5.73 Å². The minimum atomic E-state index is -0.968. The number of hydrogen-bond acceptors (Lipinski definition) is 7. The molecular formula is C18H28N2O6. The van der Waals surface area contributed by atoms with Crippen molar-refractivity contribution >= 4 is 23.6 Å². The fourth-order valence-corrected chi connectivity index (χ4v) is 1.90. The number of esters is 2. The maximum absolute atomic E-state index is 12.0. The summed E-state index contributed by atoms with van der Waals surface area (Å²) in [6.07, 6.45) is -0.903. The Morgan fingerprint density at radius 1 is 1.15 bits per heavy atom. The van der Waals surface area contributed by atoms with Gasteiger partial charge in [-0.25, -0.2) is 9.59 Å². The second kappa shape index (κ2) is 11.9. The Labute approximate surface area is 153 Å². The molecule has 1 aromatic rings. The summed E-state index contributed by atoms with van der Waals surface area (Å²) in [6, 6.07) is 5.34. The van der Waals surface area contributed by atoms with Crippen molar-refractivity contribution in [2.75, 3.05) is 18.5 Å². The number of carbonyl (C=O) groups excluding carboxylic acids is 2. The largest absolute Gasteiger partial charge is 0.480 e. The van der Waals surface area contributed by atoms with E-state index in [0.29, 0.717) is 0 Å². The Kier molecular flexibility index (Phi) is 10.7. The number of hydrogen-bond donors (Lipinski definition) is 3. The highest BCUT2D eigenvalue weighted by atomic mass is 16.6. The number of benzene rings is 1. The molecule has 1 aromatic carbocycles. The summed E-state index contributed by atoms with van der Waals surface area (Å²) in [7, 11) is 0. The molecule has 0 bridgehead atoms. The molecule has 0 aliphatic heterocycles. The molecular weight excluding hydrogens is 340 g/mol. The molecule has 0 amide bonds. The molecule has 26 heavy (non-hydrogen) atoms. The normalized spacial score (nSPS) is 12.1. The van der Waals surface area contributed by atoms with E-state index in [2.05, 4.69) is 11.1 Å². The van der Waals surface area contributed by atoms with Gasteiger partial charge in [-0.1, -0.05) is 18.2 Å². The predicted molar refractivity (Wildman–Crippen MR) is 97.9 cm³/mol. The number of nitrogens with one attached hydrogen (secondary N) is 1. The summed E-state index contributed by atoms with van der Waals surface area (Å²) in [5, 5.41) is 10.7. The van der Waals surface area contributed by atoms with Crippen molar-refractivity contribution in [1.29, 1.82) is 0 Å². The number of carbonyl (C=O) groups is 3. The molecule has 0 spiro atoms. The minimum absolute atomic E-state index is 0.261. The van der Waals surface area contributed by atoms with Gasteiger partial charge in [0.05, 0.1) is 13.2 Å². The van der Waals surface area contributed by atoms with Crippen LogP contribution in [-0.4, -0.2) is 48.3 Å². The Bertz CT molecular complexity index is 597. The van der Waals surface area contributed by atoms with Gasteiger partial charge in [0, 0.05) is 5.69 Å². The van der Waals surface area contributed by atoms with Crippen LogP contribution in [0.25, 0.3) is 0 Å². The number of rotatable bonds is 7. The van der Waals surface area contributed by atoms with E-state index in [9.17, 15) is 14.4 Å². The molecule has 1 unspecified atom stereocenters.